The van der Waals surface area contributed by atoms with E-state index in [4.69, 9.17) is 4.74 Å². The summed E-state index contributed by atoms with van der Waals surface area (Å²) in [6.45, 7) is 8.86. The fourth-order valence-electron chi connectivity index (χ4n) is 3.31. The number of rotatable bonds is 5. The van der Waals surface area contributed by atoms with Gasteiger partial charge in [-0.2, -0.15) is 10.2 Å². The second-order valence-electron chi connectivity index (χ2n) is 6.20. The number of ether oxygens (including phenoxy) is 1. The van der Waals surface area contributed by atoms with Crippen molar-refractivity contribution in [2.75, 3.05) is 13.2 Å². The molecule has 0 radical (unpaired) electrons. The van der Waals surface area contributed by atoms with Gasteiger partial charge < -0.3 is 10.1 Å². The highest BCUT2D eigenvalue weighted by Gasteiger charge is 2.33. The lowest BCUT2D eigenvalue weighted by atomic mass is 9.94. The van der Waals surface area contributed by atoms with Gasteiger partial charge in [0.25, 0.3) is 0 Å². The van der Waals surface area contributed by atoms with Gasteiger partial charge in [-0.15, -0.1) is 0 Å². The molecular weight excluding hydrogens is 278 g/mol. The summed E-state index contributed by atoms with van der Waals surface area (Å²) in [6, 6.07) is 0. The van der Waals surface area contributed by atoms with E-state index in [0.717, 1.165) is 37.5 Å². The molecule has 2 unspecified atom stereocenters. The van der Waals surface area contributed by atoms with Crippen molar-refractivity contribution in [3.8, 4) is 0 Å². The molecule has 0 aliphatic carbocycles. The molecular formula is C16H25N5O. The summed E-state index contributed by atoms with van der Waals surface area (Å²) in [5.74, 6) is 0.494. The van der Waals surface area contributed by atoms with Crippen LogP contribution in [0.2, 0.25) is 0 Å². The maximum atomic E-state index is 6.03. The summed E-state index contributed by atoms with van der Waals surface area (Å²) in [7, 11) is 2.00. The van der Waals surface area contributed by atoms with Gasteiger partial charge in [-0.25, -0.2) is 0 Å². The Hall–Kier alpha value is -1.66. The molecule has 120 valence electrons. The van der Waals surface area contributed by atoms with E-state index in [1.165, 1.54) is 16.8 Å². The van der Waals surface area contributed by atoms with Crippen LogP contribution in [-0.2, 0) is 18.3 Å². The molecule has 1 aliphatic rings. The molecule has 22 heavy (non-hydrogen) atoms. The van der Waals surface area contributed by atoms with Gasteiger partial charge in [-0.3, -0.25) is 9.78 Å². The molecule has 6 heteroatoms. The first-order valence-electron chi connectivity index (χ1n) is 7.89. The highest BCUT2D eigenvalue weighted by Crippen LogP contribution is 2.37. The molecule has 3 heterocycles. The summed E-state index contributed by atoms with van der Waals surface area (Å²) in [4.78, 5) is 0. The number of hydrogen-bond acceptors (Lipinski definition) is 4. The third-order valence-electron chi connectivity index (χ3n) is 4.72. The smallest absolute Gasteiger partial charge is 0.0901 e. The van der Waals surface area contributed by atoms with Crippen molar-refractivity contribution in [2.45, 2.75) is 39.8 Å². The standard InChI is InChI=1S/C16H25N5O/c1-10-14(9-18-19-10)8-17-7-13-5-6-22-16(13)15-11(2)20-21(4)12(15)3/h9,13,16-17H,5-8H2,1-4H3,(H,18,19). The fraction of sp³-hybridized carbons (Fsp3) is 0.625. The number of nitrogens with one attached hydrogen (secondary N) is 2. The van der Waals surface area contributed by atoms with E-state index < -0.39 is 0 Å². The Balaban J connectivity index is 1.65. The van der Waals surface area contributed by atoms with Crippen molar-refractivity contribution in [3.05, 3.63) is 34.4 Å². The molecule has 0 saturated carbocycles. The summed E-state index contributed by atoms with van der Waals surface area (Å²) in [5, 5.41) is 15.1. The van der Waals surface area contributed by atoms with Crippen LogP contribution in [0.4, 0.5) is 0 Å². The lowest BCUT2D eigenvalue weighted by Gasteiger charge is -2.20. The molecule has 1 aliphatic heterocycles. The maximum Gasteiger partial charge on any atom is 0.0901 e. The average molecular weight is 303 g/mol. The largest absolute Gasteiger partial charge is 0.373 e. The molecule has 0 bridgehead atoms. The first-order valence-corrected chi connectivity index (χ1v) is 7.89. The zero-order valence-corrected chi connectivity index (χ0v) is 13.8. The second-order valence-corrected chi connectivity index (χ2v) is 6.20. The van der Waals surface area contributed by atoms with Gasteiger partial charge in [0, 0.05) is 55.2 Å². The lowest BCUT2D eigenvalue weighted by Crippen LogP contribution is -2.25. The van der Waals surface area contributed by atoms with Crippen LogP contribution in [0.5, 0.6) is 0 Å². The molecule has 2 N–H and O–H groups in total. The normalized spacial score (nSPS) is 21.6. The third-order valence-corrected chi connectivity index (χ3v) is 4.72. The van der Waals surface area contributed by atoms with Gasteiger partial charge in [0.1, 0.15) is 0 Å². The number of aromatic nitrogens is 4. The Morgan fingerprint density at radius 2 is 2.23 bits per heavy atom. The van der Waals surface area contributed by atoms with Crippen LogP contribution < -0.4 is 5.32 Å². The first-order chi connectivity index (χ1) is 10.6. The monoisotopic (exact) mass is 303 g/mol. The van der Waals surface area contributed by atoms with Gasteiger partial charge in [-0.05, 0) is 27.2 Å². The third kappa shape index (κ3) is 2.80. The molecule has 3 rings (SSSR count). The van der Waals surface area contributed by atoms with Gasteiger partial charge in [0.05, 0.1) is 18.0 Å². The van der Waals surface area contributed by atoms with Gasteiger partial charge >= 0.3 is 0 Å². The molecule has 0 spiro atoms. The van der Waals surface area contributed by atoms with Gasteiger partial charge in [0.15, 0.2) is 0 Å². The van der Waals surface area contributed by atoms with E-state index in [-0.39, 0.29) is 6.10 Å². The fourth-order valence-corrected chi connectivity index (χ4v) is 3.31. The topological polar surface area (TPSA) is 67.8 Å². The molecule has 1 saturated heterocycles. The van der Waals surface area contributed by atoms with Crippen molar-refractivity contribution in [1.29, 1.82) is 0 Å². The summed E-state index contributed by atoms with van der Waals surface area (Å²) >= 11 is 0. The van der Waals surface area contributed by atoms with Crippen molar-refractivity contribution < 1.29 is 4.74 Å². The van der Waals surface area contributed by atoms with Crippen LogP contribution >= 0.6 is 0 Å². The van der Waals surface area contributed by atoms with E-state index in [1.54, 1.807) is 0 Å². The predicted molar refractivity (Wildman–Crippen MR) is 84.5 cm³/mol. The van der Waals surface area contributed by atoms with Crippen LogP contribution in [-0.4, -0.2) is 33.1 Å². The second kappa shape index (κ2) is 6.22. The number of aromatic amines is 1. The molecule has 2 atom stereocenters. The van der Waals surface area contributed by atoms with Crippen molar-refractivity contribution in [3.63, 3.8) is 0 Å². The molecule has 6 nitrogen and oxygen atoms in total. The zero-order valence-electron chi connectivity index (χ0n) is 13.8. The minimum Gasteiger partial charge on any atom is -0.373 e. The number of hydrogen-bond donors (Lipinski definition) is 2. The van der Waals surface area contributed by atoms with Crippen LogP contribution in [0, 0.1) is 26.7 Å². The average Bonchev–Trinajstić information content (AvgIpc) is 3.14. The van der Waals surface area contributed by atoms with Gasteiger partial charge in [0.2, 0.25) is 0 Å². The van der Waals surface area contributed by atoms with Crippen LogP contribution in [0.1, 0.15) is 40.7 Å². The first kappa shape index (κ1) is 15.2. The molecule has 2 aromatic rings. The van der Waals surface area contributed by atoms with E-state index in [1.807, 2.05) is 24.9 Å². The number of H-pyrrole nitrogens is 1. The molecule has 1 fully saturated rings. The highest BCUT2D eigenvalue weighted by atomic mass is 16.5. The van der Waals surface area contributed by atoms with Crippen LogP contribution in [0.25, 0.3) is 0 Å². The predicted octanol–water partition coefficient (Wildman–Crippen LogP) is 1.94. The van der Waals surface area contributed by atoms with Crippen LogP contribution in [0.15, 0.2) is 6.20 Å². The Morgan fingerprint density at radius 3 is 2.86 bits per heavy atom. The van der Waals surface area contributed by atoms with E-state index in [0.29, 0.717) is 5.92 Å². The minimum absolute atomic E-state index is 0.159. The van der Waals surface area contributed by atoms with E-state index >= 15 is 0 Å². The SMILES string of the molecule is Cc1nn(C)c(C)c1C1OCCC1CNCc1cn[nH]c1C. The Labute approximate surface area is 131 Å². The molecule has 2 aromatic heterocycles. The van der Waals surface area contributed by atoms with Crippen molar-refractivity contribution >= 4 is 0 Å². The summed E-state index contributed by atoms with van der Waals surface area (Å²) in [5.41, 5.74) is 5.92. The highest BCUT2D eigenvalue weighted by molar-refractivity contribution is 5.28. The van der Waals surface area contributed by atoms with Crippen LogP contribution in [0.3, 0.4) is 0 Å². The Morgan fingerprint density at radius 1 is 1.41 bits per heavy atom. The number of aryl methyl sites for hydroxylation is 3. The quantitative estimate of drug-likeness (QED) is 0.886. The number of nitrogens with zero attached hydrogens (tertiary/aromatic N) is 3. The van der Waals surface area contributed by atoms with Crippen molar-refractivity contribution in [2.24, 2.45) is 13.0 Å². The van der Waals surface area contributed by atoms with Crippen molar-refractivity contribution in [1.82, 2.24) is 25.3 Å². The minimum atomic E-state index is 0.159. The lowest BCUT2D eigenvalue weighted by molar-refractivity contribution is 0.0893. The summed E-state index contributed by atoms with van der Waals surface area (Å²) in [6.07, 6.45) is 3.14. The van der Waals surface area contributed by atoms with Gasteiger partial charge in [-0.1, -0.05) is 0 Å². The molecule has 0 amide bonds. The van der Waals surface area contributed by atoms with E-state index in [9.17, 15) is 0 Å². The van der Waals surface area contributed by atoms with E-state index in [2.05, 4.69) is 34.5 Å². The molecule has 0 aromatic carbocycles. The Bertz CT molecular complexity index is 645. The summed E-state index contributed by atoms with van der Waals surface area (Å²) < 4.78 is 7.98. The zero-order chi connectivity index (χ0) is 15.7. The Kier molecular flexibility index (Phi) is 4.31. The maximum absolute atomic E-state index is 6.03.